The van der Waals surface area contributed by atoms with Gasteiger partial charge in [-0.15, -0.1) is 0 Å². The molecule has 1 aliphatic carbocycles. The fraction of sp³-hybridized carbons (Fsp3) is 0.500. The van der Waals surface area contributed by atoms with Crippen molar-refractivity contribution in [1.29, 1.82) is 0 Å². The van der Waals surface area contributed by atoms with Crippen molar-refractivity contribution in [3.63, 3.8) is 0 Å². The third-order valence-corrected chi connectivity index (χ3v) is 6.11. The molecular formula is C22H31N3O+2. The smallest absolute Gasteiger partial charge is 0.275 e. The highest BCUT2D eigenvalue weighted by Crippen LogP contribution is 2.32. The molecule has 1 saturated carbocycles. The van der Waals surface area contributed by atoms with Gasteiger partial charge in [0.2, 0.25) is 0 Å². The van der Waals surface area contributed by atoms with E-state index in [-0.39, 0.29) is 5.91 Å². The highest BCUT2D eigenvalue weighted by atomic mass is 16.2. The van der Waals surface area contributed by atoms with Crippen LogP contribution in [0.25, 0.3) is 10.8 Å². The lowest BCUT2D eigenvalue weighted by molar-refractivity contribution is -1.02. The fourth-order valence-corrected chi connectivity index (χ4v) is 4.27. The second kappa shape index (κ2) is 7.77. The van der Waals surface area contributed by atoms with Crippen LogP contribution in [0.1, 0.15) is 25.3 Å². The molecule has 0 aromatic heterocycles. The van der Waals surface area contributed by atoms with Gasteiger partial charge in [-0.3, -0.25) is 4.79 Å². The lowest BCUT2D eigenvalue weighted by Crippen LogP contribution is -3.28. The number of fused-ring (bicyclic) bond motifs is 1. The van der Waals surface area contributed by atoms with Gasteiger partial charge in [0.05, 0.1) is 0 Å². The van der Waals surface area contributed by atoms with Crippen LogP contribution in [0.3, 0.4) is 0 Å². The number of piperazine rings is 1. The summed E-state index contributed by atoms with van der Waals surface area (Å²) in [6.45, 7) is 8.33. The van der Waals surface area contributed by atoms with E-state index >= 15 is 0 Å². The molecule has 0 radical (unpaired) electrons. The standard InChI is InChI=1S/C22H29N3O/c1-17(18-9-10-18)23-22(26)16-25-13-11-24(12-14-25)15-20-7-4-6-19-5-2-3-8-21(19)20/h2-8,17-18H,9-16H2,1H3,(H,23,26)/p+2/t17-/m0/s1. The number of benzene rings is 2. The van der Waals surface area contributed by atoms with Crippen LogP contribution in [0.15, 0.2) is 42.5 Å². The molecule has 3 N–H and O–H groups in total. The van der Waals surface area contributed by atoms with Gasteiger partial charge < -0.3 is 15.1 Å². The molecule has 1 saturated heterocycles. The number of quaternary nitrogens is 2. The molecule has 1 atom stereocenters. The lowest BCUT2D eigenvalue weighted by Gasteiger charge is -2.30. The Morgan fingerprint density at radius 1 is 1.04 bits per heavy atom. The number of amides is 1. The van der Waals surface area contributed by atoms with E-state index in [2.05, 4.69) is 54.7 Å². The summed E-state index contributed by atoms with van der Waals surface area (Å²) in [7, 11) is 0. The van der Waals surface area contributed by atoms with Crippen LogP contribution < -0.4 is 15.1 Å². The van der Waals surface area contributed by atoms with Crippen molar-refractivity contribution in [1.82, 2.24) is 5.32 Å². The first-order chi connectivity index (χ1) is 12.7. The largest absolute Gasteiger partial charge is 0.348 e. The molecular weight excluding hydrogens is 322 g/mol. The molecule has 26 heavy (non-hydrogen) atoms. The molecule has 2 aromatic rings. The van der Waals surface area contributed by atoms with E-state index in [0.29, 0.717) is 12.6 Å². The normalized spacial score (nSPS) is 24.3. The average molecular weight is 354 g/mol. The van der Waals surface area contributed by atoms with E-state index in [4.69, 9.17) is 0 Å². The van der Waals surface area contributed by atoms with Crippen molar-refractivity contribution in [2.24, 2.45) is 5.92 Å². The summed E-state index contributed by atoms with van der Waals surface area (Å²) in [6.07, 6.45) is 2.56. The topological polar surface area (TPSA) is 38.0 Å². The van der Waals surface area contributed by atoms with Crippen LogP contribution in [-0.2, 0) is 11.3 Å². The Bertz CT molecular complexity index is 758. The fourth-order valence-electron chi connectivity index (χ4n) is 4.27. The molecule has 138 valence electrons. The van der Waals surface area contributed by atoms with Gasteiger partial charge in [-0.25, -0.2) is 0 Å². The summed E-state index contributed by atoms with van der Waals surface area (Å²) < 4.78 is 0. The summed E-state index contributed by atoms with van der Waals surface area (Å²) >= 11 is 0. The zero-order valence-electron chi connectivity index (χ0n) is 15.8. The van der Waals surface area contributed by atoms with E-state index in [9.17, 15) is 4.79 Å². The van der Waals surface area contributed by atoms with Crippen LogP contribution >= 0.6 is 0 Å². The molecule has 2 aliphatic rings. The van der Waals surface area contributed by atoms with Gasteiger partial charge in [0.25, 0.3) is 5.91 Å². The third-order valence-electron chi connectivity index (χ3n) is 6.11. The van der Waals surface area contributed by atoms with Gasteiger partial charge in [0.15, 0.2) is 6.54 Å². The van der Waals surface area contributed by atoms with Gasteiger partial charge in [0, 0.05) is 11.6 Å². The van der Waals surface area contributed by atoms with Gasteiger partial charge >= 0.3 is 0 Å². The van der Waals surface area contributed by atoms with Crippen molar-refractivity contribution >= 4 is 16.7 Å². The maximum atomic E-state index is 12.2. The Kier molecular flexibility index (Phi) is 5.23. The minimum absolute atomic E-state index is 0.233. The summed E-state index contributed by atoms with van der Waals surface area (Å²) in [5.74, 6) is 0.966. The maximum absolute atomic E-state index is 12.2. The maximum Gasteiger partial charge on any atom is 0.275 e. The highest BCUT2D eigenvalue weighted by Gasteiger charge is 2.30. The Hall–Kier alpha value is -1.91. The van der Waals surface area contributed by atoms with Crippen molar-refractivity contribution in [3.8, 4) is 0 Å². The number of carbonyl (C=O) groups is 1. The second-order valence-corrected chi connectivity index (χ2v) is 8.19. The molecule has 1 heterocycles. The zero-order chi connectivity index (χ0) is 17.9. The molecule has 1 amide bonds. The zero-order valence-corrected chi connectivity index (χ0v) is 15.8. The predicted octanol–water partition coefficient (Wildman–Crippen LogP) is 0.0379. The van der Waals surface area contributed by atoms with Gasteiger partial charge in [-0.1, -0.05) is 42.5 Å². The average Bonchev–Trinajstić information content (AvgIpc) is 3.49. The first-order valence-corrected chi connectivity index (χ1v) is 10.1. The first kappa shape index (κ1) is 17.5. The number of hydrogen-bond acceptors (Lipinski definition) is 1. The van der Waals surface area contributed by atoms with Crippen molar-refractivity contribution in [2.75, 3.05) is 32.7 Å². The van der Waals surface area contributed by atoms with Crippen molar-refractivity contribution in [2.45, 2.75) is 32.4 Å². The Labute approximate surface area is 156 Å². The van der Waals surface area contributed by atoms with Gasteiger partial charge in [-0.05, 0) is 36.5 Å². The van der Waals surface area contributed by atoms with E-state index in [1.165, 1.54) is 34.1 Å². The molecule has 4 heteroatoms. The monoisotopic (exact) mass is 353 g/mol. The van der Waals surface area contributed by atoms with Crippen molar-refractivity contribution in [3.05, 3.63) is 48.0 Å². The summed E-state index contributed by atoms with van der Waals surface area (Å²) in [5.41, 5.74) is 1.44. The number of hydrogen-bond donors (Lipinski definition) is 3. The summed E-state index contributed by atoms with van der Waals surface area (Å²) in [6, 6.07) is 15.7. The Balaban J connectivity index is 1.27. The quantitative estimate of drug-likeness (QED) is 0.674. The number of rotatable bonds is 6. The lowest BCUT2D eigenvalue weighted by atomic mass is 10.0. The van der Waals surface area contributed by atoms with Gasteiger partial charge in [-0.2, -0.15) is 0 Å². The molecule has 2 fully saturated rings. The van der Waals surface area contributed by atoms with Crippen LogP contribution in [0.2, 0.25) is 0 Å². The third kappa shape index (κ3) is 4.25. The molecule has 0 bridgehead atoms. The molecule has 4 rings (SSSR count). The Morgan fingerprint density at radius 3 is 2.50 bits per heavy atom. The van der Waals surface area contributed by atoms with Crippen molar-refractivity contribution < 1.29 is 14.6 Å². The molecule has 2 aromatic carbocycles. The van der Waals surface area contributed by atoms with Crippen LogP contribution in [0.5, 0.6) is 0 Å². The SMILES string of the molecule is C[C@H](NC(=O)C[NH+]1CC[NH+](Cc2cccc3ccccc23)CC1)C1CC1. The van der Waals surface area contributed by atoms with E-state index in [1.807, 2.05) is 0 Å². The van der Waals surface area contributed by atoms with Gasteiger partial charge in [0.1, 0.15) is 32.7 Å². The minimum atomic E-state index is 0.233. The number of nitrogens with one attached hydrogen (secondary N) is 3. The molecule has 1 aliphatic heterocycles. The van der Waals surface area contributed by atoms with E-state index in [0.717, 1.165) is 38.6 Å². The van der Waals surface area contributed by atoms with Crippen LogP contribution in [0.4, 0.5) is 0 Å². The van der Waals surface area contributed by atoms with Crippen LogP contribution in [-0.4, -0.2) is 44.7 Å². The Morgan fingerprint density at radius 2 is 1.73 bits per heavy atom. The molecule has 0 spiro atoms. The van der Waals surface area contributed by atoms with Crippen LogP contribution in [0, 0.1) is 5.92 Å². The molecule has 4 nitrogen and oxygen atoms in total. The number of carbonyl (C=O) groups excluding carboxylic acids is 1. The predicted molar refractivity (Wildman–Crippen MR) is 104 cm³/mol. The highest BCUT2D eigenvalue weighted by molar-refractivity contribution is 5.85. The summed E-state index contributed by atoms with van der Waals surface area (Å²) in [5, 5.41) is 5.90. The minimum Gasteiger partial charge on any atom is -0.348 e. The first-order valence-electron chi connectivity index (χ1n) is 10.1. The second-order valence-electron chi connectivity index (χ2n) is 8.19. The van der Waals surface area contributed by atoms with E-state index in [1.54, 1.807) is 4.90 Å². The molecule has 0 unspecified atom stereocenters. The summed E-state index contributed by atoms with van der Waals surface area (Å²) in [4.78, 5) is 15.3. The van der Waals surface area contributed by atoms with E-state index < -0.39 is 0 Å².